The summed E-state index contributed by atoms with van der Waals surface area (Å²) in [6, 6.07) is 0. The molecule has 1 aliphatic rings. The number of nitrogens with zero attached hydrogens (tertiary/aromatic N) is 2. The summed E-state index contributed by atoms with van der Waals surface area (Å²) in [4.78, 5) is 4.37. The molecule has 15 heavy (non-hydrogen) atoms. The van der Waals surface area contributed by atoms with E-state index in [0.717, 1.165) is 19.5 Å². The fourth-order valence-corrected chi connectivity index (χ4v) is 2.35. The average Bonchev–Trinajstić information content (AvgIpc) is 2.09. The molecule has 1 rings (SSSR count). The van der Waals surface area contributed by atoms with Gasteiger partial charge in [0.2, 0.25) is 0 Å². The van der Waals surface area contributed by atoms with Crippen molar-refractivity contribution in [1.29, 1.82) is 0 Å². The first-order chi connectivity index (χ1) is 7.00. The van der Waals surface area contributed by atoms with Gasteiger partial charge in [0.15, 0.2) is 0 Å². The summed E-state index contributed by atoms with van der Waals surface area (Å²) in [5.41, 5.74) is 0. The Hall–Kier alpha value is -0.380. The highest BCUT2D eigenvalue weighted by Gasteiger charge is 2.29. The molecular formula is C12H24N2O. The fourth-order valence-electron chi connectivity index (χ4n) is 2.35. The molecule has 3 nitrogen and oxygen atoms in total. The highest BCUT2D eigenvalue weighted by Crippen LogP contribution is 2.26. The van der Waals surface area contributed by atoms with Crippen molar-refractivity contribution in [3.05, 3.63) is 12.2 Å². The first kappa shape index (κ1) is 12.7. The summed E-state index contributed by atoms with van der Waals surface area (Å²) in [7, 11) is 8.32. The zero-order chi connectivity index (χ0) is 11.4. The van der Waals surface area contributed by atoms with Crippen LogP contribution in [0.2, 0.25) is 0 Å². The maximum atomic E-state index is 9.97. The molecule has 0 aromatic rings. The molecule has 1 aliphatic carbocycles. The smallest absolute Gasteiger partial charge is 0.0764 e. The van der Waals surface area contributed by atoms with Gasteiger partial charge in [0.25, 0.3) is 0 Å². The van der Waals surface area contributed by atoms with Crippen molar-refractivity contribution in [1.82, 2.24) is 9.80 Å². The van der Waals surface area contributed by atoms with Gasteiger partial charge in [0.1, 0.15) is 0 Å². The predicted octanol–water partition coefficient (Wildman–Crippen LogP) is 0.663. The van der Waals surface area contributed by atoms with E-state index in [1.54, 1.807) is 0 Å². The molecule has 0 unspecified atom stereocenters. The van der Waals surface area contributed by atoms with E-state index in [-0.39, 0.29) is 6.10 Å². The number of rotatable bonds is 4. The Kier molecular flexibility index (Phi) is 4.77. The van der Waals surface area contributed by atoms with Crippen LogP contribution in [0.25, 0.3) is 0 Å². The van der Waals surface area contributed by atoms with Crippen LogP contribution in [0.1, 0.15) is 6.42 Å². The van der Waals surface area contributed by atoms with E-state index in [0.29, 0.717) is 11.8 Å². The van der Waals surface area contributed by atoms with Crippen molar-refractivity contribution < 1.29 is 5.11 Å². The summed E-state index contributed by atoms with van der Waals surface area (Å²) >= 11 is 0. The minimum Gasteiger partial charge on any atom is -0.389 e. The summed E-state index contributed by atoms with van der Waals surface area (Å²) in [6.45, 7) is 2.02. The Bertz CT molecular complexity index is 214. The molecule has 0 saturated carbocycles. The molecule has 0 heterocycles. The van der Waals surface area contributed by atoms with Gasteiger partial charge in [-0.3, -0.25) is 0 Å². The summed E-state index contributed by atoms with van der Waals surface area (Å²) < 4.78 is 0. The third kappa shape index (κ3) is 3.93. The first-order valence-electron chi connectivity index (χ1n) is 5.65. The Morgan fingerprint density at radius 1 is 1.13 bits per heavy atom. The largest absolute Gasteiger partial charge is 0.389 e. The van der Waals surface area contributed by atoms with Crippen LogP contribution < -0.4 is 0 Å². The molecule has 0 saturated heterocycles. The van der Waals surface area contributed by atoms with Gasteiger partial charge >= 0.3 is 0 Å². The van der Waals surface area contributed by atoms with Crippen molar-refractivity contribution in [3.63, 3.8) is 0 Å². The lowest BCUT2D eigenvalue weighted by molar-refractivity contribution is 0.0704. The highest BCUT2D eigenvalue weighted by molar-refractivity contribution is 5.02. The van der Waals surface area contributed by atoms with E-state index in [1.807, 2.05) is 6.08 Å². The minimum atomic E-state index is -0.272. The van der Waals surface area contributed by atoms with Crippen LogP contribution in [0.5, 0.6) is 0 Å². The predicted molar refractivity (Wildman–Crippen MR) is 63.9 cm³/mol. The van der Waals surface area contributed by atoms with Crippen molar-refractivity contribution in [3.8, 4) is 0 Å². The molecular weight excluding hydrogens is 188 g/mol. The molecule has 88 valence electrons. The average molecular weight is 212 g/mol. The normalized spacial score (nSPS) is 31.5. The molecule has 0 radical (unpaired) electrons. The van der Waals surface area contributed by atoms with E-state index in [4.69, 9.17) is 0 Å². The quantitative estimate of drug-likeness (QED) is 0.694. The molecule has 0 aromatic heterocycles. The number of allylic oxidation sites excluding steroid dienone is 1. The summed E-state index contributed by atoms with van der Waals surface area (Å²) in [5.74, 6) is 0.940. The van der Waals surface area contributed by atoms with E-state index < -0.39 is 0 Å². The van der Waals surface area contributed by atoms with Gasteiger partial charge in [0, 0.05) is 19.0 Å². The maximum Gasteiger partial charge on any atom is 0.0764 e. The van der Waals surface area contributed by atoms with Gasteiger partial charge in [-0.05, 0) is 40.5 Å². The van der Waals surface area contributed by atoms with Crippen LogP contribution in [0.4, 0.5) is 0 Å². The number of hydrogen-bond donors (Lipinski definition) is 1. The highest BCUT2D eigenvalue weighted by atomic mass is 16.3. The van der Waals surface area contributed by atoms with Crippen molar-refractivity contribution in [2.45, 2.75) is 12.5 Å². The van der Waals surface area contributed by atoms with E-state index >= 15 is 0 Å². The van der Waals surface area contributed by atoms with E-state index in [1.165, 1.54) is 0 Å². The Morgan fingerprint density at radius 2 is 1.73 bits per heavy atom. The van der Waals surface area contributed by atoms with E-state index in [9.17, 15) is 5.11 Å². The van der Waals surface area contributed by atoms with Gasteiger partial charge in [-0.25, -0.2) is 0 Å². The standard InChI is InChI=1S/C12H24N2O/c1-13(2)8-10-6-5-7-12(15)11(10)9-14(3)4/h5,7,10-12,15H,6,8-9H2,1-4H3/t10-,11-,12-/m1/s1. The van der Waals surface area contributed by atoms with Gasteiger partial charge in [-0.1, -0.05) is 12.2 Å². The molecule has 0 aromatic carbocycles. The van der Waals surface area contributed by atoms with Gasteiger partial charge in [0.05, 0.1) is 6.10 Å². The minimum absolute atomic E-state index is 0.272. The number of hydrogen-bond acceptors (Lipinski definition) is 3. The van der Waals surface area contributed by atoms with Crippen LogP contribution in [-0.2, 0) is 0 Å². The Morgan fingerprint density at radius 3 is 2.27 bits per heavy atom. The first-order valence-corrected chi connectivity index (χ1v) is 5.65. The molecule has 3 heteroatoms. The molecule has 3 atom stereocenters. The van der Waals surface area contributed by atoms with Crippen LogP contribution >= 0.6 is 0 Å². The fraction of sp³-hybridized carbons (Fsp3) is 0.833. The zero-order valence-corrected chi connectivity index (χ0v) is 10.3. The van der Waals surface area contributed by atoms with Crippen LogP contribution in [-0.4, -0.2) is 62.3 Å². The third-order valence-electron chi connectivity index (χ3n) is 2.99. The monoisotopic (exact) mass is 212 g/mol. The molecule has 1 N–H and O–H groups in total. The summed E-state index contributed by atoms with van der Waals surface area (Å²) in [6.07, 6.45) is 4.88. The summed E-state index contributed by atoms with van der Waals surface area (Å²) in [5, 5.41) is 9.97. The SMILES string of the molecule is CN(C)C[C@H]1CC=C[C@@H](O)[C@@H]1CN(C)C. The molecule has 0 amide bonds. The van der Waals surface area contributed by atoms with Gasteiger partial charge in [-0.15, -0.1) is 0 Å². The molecule has 0 bridgehead atoms. The lowest BCUT2D eigenvalue weighted by atomic mass is 9.80. The van der Waals surface area contributed by atoms with Crippen molar-refractivity contribution in [2.75, 3.05) is 41.3 Å². The van der Waals surface area contributed by atoms with Crippen LogP contribution in [0.15, 0.2) is 12.2 Å². The van der Waals surface area contributed by atoms with Gasteiger partial charge in [-0.2, -0.15) is 0 Å². The zero-order valence-electron chi connectivity index (χ0n) is 10.3. The lowest BCUT2D eigenvalue weighted by Gasteiger charge is -2.35. The maximum absolute atomic E-state index is 9.97. The third-order valence-corrected chi connectivity index (χ3v) is 2.99. The van der Waals surface area contributed by atoms with Crippen LogP contribution in [0.3, 0.4) is 0 Å². The second kappa shape index (κ2) is 5.64. The number of aliphatic hydroxyl groups excluding tert-OH is 1. The van der Waals surface area contributed by atoms with Crippen LogP contribution in [0, 0.1) is 11.8 Å². The Labute approximate surface area is 93.4 Å². The Balaban J connectivity index is 2.62. The topological polar surface area (TPSA) is 26.7 Å². The number of aliphatic hydroxyl groups is 1. The second-order valence-corrected chi connectivity index (χ2v) is 5.10. The van der Waals surface area contributed by atoms with Gasteiger partial charge < -0.3 is 14.9 Å². The van der Waals surface area contributed by atoms with E-state index in [2.05, 4.69) is 44.1 Å². The molecule has 0 fully saturated rings. The molecule has 0 aliphatic heterocycles. The second-order valence-electron chi connectivity index (χ2n) is 5.10. The molecule has 0 spiro atoms. The van der Waals surface area contributed by atoms with Crippen molar-refractivity contribution >= 4 is 0 Å². The van der Waals surface area contributed by atoms with Crippen molar-refractivity contribution in [2.24, 2.45) is 11.8 Å². The lowest BCUT2D eigenvalue weighted by Crippen LogP contribution is -2.41.